The third-order valence-corrected chi connectivity index (χ3v) is 2.84. The molecule has 0 aliphatic rings. The van der Waals surface area contributed by atoms with Gasteiger partial charge in [-0.15, -0.1) is 0 Å². The van der Waals surface area contributed by atoms with Gasteiger partial charge in [0.2, 0.25) is 5.95 Å². The van der Waals surface area contributed by atoms with Gasteiger partial charge in [-0.3, -0.25) is 5.41 Å². The minimum Gasteiger partial charge on any atom is -0.497 e. The maximum Gasteiger partial charge on any atom is 0.226 e. The number of nitrogens with zero attached hydrogens (tertiary/aromatic N) is 3. The van der Waals surface area contributed by atoms with Crippen LogP contribution in [-0.4, -0.2) is 30.0 Å². The van der Waals surface area contributed by atoms with Crippen molar-refractivity contribution in [3.63, 3.8) is 0 Å². The molecule has 0 unspecified atom stereocenters. The molecule has 0 saturated carbocycles. The number of amidine groups is 1. The van der Waals surface area contributed by atoms with Crippen molar-refractivity contribution in [3.05, 3.63) is 47.8 Å². The Kier molecular flexibility index (Phi) is 4.14. The first kappa shape index (κ1) is 13.8. The quantitative estimate of drug-likeness (QED) is 0.634. The van der Waals surface area contributed by atoms with Crippen molar-refractivity contribution in [1.82, 2.24) is 9.97 Å². The van der Waals surface area contributed by atoms with Crippen LogP contribution in [0, 0.1) is 5.41 Å². The highest BCUT2D eigenvalue weighted by molar-refractivity contribution is 5.93. The van der Waals surface area contributed by atoms with Crippen LogP contribution < -0.4 is 15.4 Å². The molecule has 104 valence electrons. The standard InChI is InChI=1S/C14H17N5O/c1-19(9-10-3-5-11(20-2)6-4-10)14-17-8-7-12(18-14)13(15)16/h3-8H,9H2,1-2H3,(H3,15,16). The lowest BCUT2D eigenvalue weighted by atomic mass is 10.2. The Labute approximate surface area is 117 Å². The van der Waals surface area contributed by atoms with Crippen molar-refractivity contribution >= 4 is 11.8 Å². The molecular weight excluding hydrogens is 254 g/mol. The number of ether oxygens (including phenoxy) is 1. The van der Waals surface area contributed by atoms with E-state index in [1.165, 1.54) is 0 Å². The second kappa shape index (κ2) is 6.01. The Bertz CT molecular complexity index is 597. The zero-order valence-electron chi connectivity index (χ0n) is 11.5. The van der Waals surface area contributed by atoms with Gasteiger partial charge in [0.05, 0.1) is 7.11 Å². The summed E-state index contributed by atoms with van der Waals surface area (Å²) in [5, 5.41) is 7.39. The number of methoxy groups -OCH3 is 1. The first-order chi connectivity index (χ1) is 9.60. The van der Waals surface area contributed by atoms with E-state index in [2.05, 4.69) is 9.97 Å². The summed E-state index contributed by atoms with van der Waals surface area (Å²) < 4.78 is 5.13. The highest BCUT2D eigenvalue weighted by atomic mass is 16.5. The predicted molar refractivity (Wildman–Crippen MR) is 78.1 cm³/mol. The maximum absolute atomic E-state index is 7.39. The van der Waals surface area contributed by atoms with Gasteiger partial charge in [0.15, 0.2) is 0 Å². The number of rotatable bonds is 5. The van der Waals surface area contributed by atoms with E-state index in [0.717, 1.165) is 11.3 Å². The number of nitrogen functional groups attached to an aromatic ring is 1. The minimum atomic E-state index is -0.0634. The van der Waals surface area contributed by atoms with E-state index in [1.54, 1.807) is 19.4 Å². The molecule has 0 atom stereocenters. The van der Waals surface area contributed by atoms with Gasteiger partial charge in [-0.25, -0.2) is 9.97 Å². The summed E-state index contributed by atoms with van der Waals surface area (Å²) in [5.41, 5.74) is 6.97. The highest BCUT2D eigenvalue weighted by Gasteiger charge is 2.07. The molecule has 2 rings (SSSR count). The Hall–Kier alpha value is -2.63. The fraction of sp³-hybridized carbons (Fsp3) is 0.214. The molecule has 6 nitrogen and oxygen atoms in total. The smallest absolute Gasteiger partial charge is 0.226 e. The molecule has 20 heavy (non-hydrogen) atoms. The van der Waals surface area contributed by atoms with Crippen LogP contribution in [0.4, 0.5) is 5.95 Å². The van der Waals surface area contributed by atoms with Crippen LogP contribution >= 0.6 is 0 Å². The fourth-order valence-corrected chi connectivity index (χ4v) is 1.76. The second-order valence-electron chi connectivity index (χ2n) is 4.36. The lowest BCUT2D eigenvalue weighted by molar-refractivity contribution is 0.414. The van der Waals surface area contributed by atoms with E-state index in [1.807, 2.05) is 36.2 Å². The Morgan fingerprint density at radius 2 is 2.00 bits per heavy atom. The van der Waals surface area contributed by atoms with Gasteiger partial charge in [0, 0.05) is 19.8 Å². The van der Waals surface area contributed by atoms with Gasteiger partial charge in [-0.05, 0) is 23.8 Å². The van der Waals surface area contributed by atoms with Crippen LogP contribution in [0.3, 0.4) is 0 Å². The molecular formula is C14H17N5O. The van der Waals surface area contributed by atoms with Crippen LogP contribution in [0.1, 0.15) is 11.3 Å². The van der Waals surface area contributed by atoms with Crippen LogP contribution in [0.15, 0.2) is 36.5 Å². The predicted octanol–water partition coefficient (Wildman–Crippen LogP) is 1.41. The summed E-state index contributed by atoms with van der Waals surface area (Å²) in [6.45, 7) is 0.658. The molecule has 0 fully saturated rings. The largest absolute Gasteiger partial charge is 0.497 e. The van der Waals surface area contributed by atoms with Crippen molar-refractivity contribution in [3.8, 4) is 5.75 Å². The minimum absolute atomic E-state index is 0.0634. The summed E-state index contributed by atoms with van der Waals surface area (Å²) in [7, 11) is 3.53. The van der Waals surface area contributed by atoms with Gasteiger partial charge < -0.3 is 15.4 Å². The van der Waals surface area contributed by atoms with Crippen LogP contribution in [0.5, 0.6) is 5.75 Å². The Morgan fingerprint density at radius 3 is 2.60 bits per heavy atom. The van der Waals surface area contributed by atoms with E-state index < -0.39 is 0 Å². The van der Waals surface area contributed by atoms with Crippen molar-refractivity contribution < 1.29 is 4.74 Å². The number of benzene rings is 1. The van der Waals surface area contributed by atoms with Crippen LogP contribution in [-0.2, 0) is 6.54 Å². The lowest BCUT2D eigenvalue weighted by Crippen LogP contribution is -2.21. The summed E-state index contributed by atoms with van der Waals surface area (Å²) >= 11 is 0. The molecule has 0 saturated heterocycles. The van der Waals surface area contributed by atoms with Crippen molar-refractivity contribution in [2.45, 2.75) is 6.54 Å². The van der Waals surface area contributed by atoms with Crippen molar-refractivity contribution in [2.75, 3.05) is 19.1 Å². The van der Waals surface area contributed by atoms with E-state index >= 15 is 0 Å². The average Bonchev–Trinajstić information content (AvgIpc) is 2.48. The second-order valence-corrected chi connectivity index (χ2v) is 4.36. The monoisotopic (exact) mass is 271 g/mol. The van der Waals surface area contributed by atoms with Gasteiger partial charge in [-0.2, -0.15) is 0 Å². The molecule has 0 amide bonds. The van der Waals surface area contributed by atoms with Crippen LogP contribution in [0.25, 0.3) is 0 Å². The number of anilines is 1. The van der Waals surface area contributed by atoms with Crippen LogP contribution in [0.2, 0.25) is 0 Å². The molecule has 0 aliphatic carbocycles. The Morgan fingerprint density at radius 1 is 1.30 bits per heavy atom. The Balaban J connectivity index is 2.12. The highest BCUT2D eigenvalue weighted by Crippen LogP contribution is 2.14. The number of aromatic nitrogens is 2. The van der Waals surface area contributed by atoms with Crippen molar-refractivity contribution in [1.29, 1.82) is 5.41 Å². The summed E-state index contributed by atoms with van der Waals surface area (Å²) in [5.74, 6) is 1.30. The topological polar surface area (TPSA) is 88.1 Å². The SMILES string of the molecule is COc1ccc(CN(C)c2nccc(C(=N)N)n2)cc1. The lowest BCUT2D eigenvalue weighted by Gasteiger charge is -2.17. The van der Waals surface area contributed by atoms with E-state index in [9.17, 15) is 0 Å². The van der Waals surface area contributed by atoms with Gasteiger partial charge in [0.1, 0.15) is 17.3 Å². The first-order valence-corrected chi connectivity index (χ1v) is 6.11. The number of nitrogens with one attached hydrogen (secondary N) is 1. The molecule has 2 aromatic rings. The molecule has 0 aliphatic heterocycles. The summed E-state index contributed by atoms with van der Waals surface area (Å²) in [6.07, 6.45) is 1.60. The molecule has 0 bridgehead atoms. The summed E-state index contributed by atoms with van der Waals surface area (Å²) in [4.78, 5) is 10.3. The van der Waals surface area contributed by atoms with E-state index in [0.29, 0.717) is 18.2 Å². The number of nitrogens with two attached hydrogens (primary N) is 1. The maximum atomic E-state index is 7.39. The number of hydrogen-bond donors (Lipinski definition) is 2. The molecule has 3 N–H and O–H groups in total. The van der Waals surface area contributed by atoms with Gasteiger partial charge in [-0.1, -0.05) is 12.1 Å². The zero-order chi connectivity index (χ0) is 14.5. The molecule has 0 radical (unpaired) electrons. The molecule has 0 spiro atoms. The molecule has 1 aromatic heterocycles. The normalized spacial score (nSPS) is 10.1. The first-order valence-electron chi connectivity index (χ1n) is 6.11. The third kappa shape index (κ3) is 3.23. The van der Waals surface area contributed by atoms with Crippen molar-refractivity contribution in [2.24, 2.45) is 5.73 Å². The third-order valence-electron chi connectivity index (χ3n) is 2.84. The summed E-state index contributed by atoms with van der Waals surface area (Å²) in [6, 6.07) is 9.42. The molecule has 6 heteroatoms. The fourth-order valence-electron chi connectivity index (χ4n) is 1.76. The number of hydrogen-bond acceptors (Lipinski definition) is 5. The molecule has 1 aromatic carbocycles. The van der Waals surface area contributed by atoms with E-state index in [-0.39, 0.29) is 5.84 Å². The zero-order valence-corrected chi connectivity index (χ0v) is 11.5. The van der Waals surface area contributed by atoms with Gasteiger partial charge >= 0.3 is 0 Å². The van der Waals surface area contributed by atoms with E-state index in [4.69, 9.17) is 15.9 Å². The average molecular weight is 271 g/mol. The van der Waals surface area contributed by atoms with Gasteiger partial charge in [0.25, 0.3) is 0 Å². The molecule has 1 heterocycles.